The Morgan fingerprint density at radius 3 is 2.35 bits per heavy atom. The van der Waals surface area contributed by atoms with Gasteiger partial charge in [-0.05, 0) is 42.4 Å². The highest BCUT2D eigenvalue weighted by Gasteiger charge is 2.12. The summed E-state index contributed by atoms with van der Waals surface area (Å²) in [6.45, 7) is 1.05. The van der Waals surface area contributed by atoms with Crippen LogP contribution in [0.1, 0.15) is 27.6 Å². The highest BCUT2D eigenvalue weighted by atomic mass is 19.1. The number of benzene rings is 2. The van der Waals surface area contributed by atoms with E-state index in [1.54, 1.807) is 24.3 Å². The van der Waals surface area contributed by atoms with Gasteiger partial charge in [-0.3, -0.25) is 4.90 Å². The molecule has 0 amide bonds. The van der Waals surface area contributed by atoms with Crippen molar-refractivity contribution in [2.45, 2.75) is 12.6 Å². The molecule has 4 nitrogen and oxygen atoms in total. The van der Waals surface area contributed by atoms with Crippen LogP contribution in [0.5, 0.6) is 0 Å². The molecule has 0 aliphatic heterocycles. The fourth-order valence-electron chi connectivity index (χ4n) is 2.33. The minimum absolute atomic E-state index is 0.319. The molecule has 0 saturated heterocycles. The van der Waals surface area contributed by atoms with E-state index in [-0.39, 0.29) is 11.8 Å². The molecule has 122 valence electrons. The molecule has 23 heavy (non-hydrogen) atoms. The number of carbonyl (C=O) groups is 1. The van der Waals surface area contributed by atoms with Gasteiger partial charge in [-0.25, -0.2) is 9.18 Å². The zero-order valence-corrected chi connectivity index (χ0v) is 13.2. The van der Waals surface area contributed by atoms with Crippen LogP contribution in [0.3, 0.4) is 0 Å². The summed E-state index contributed by atoms with van der Waals surface area (Å²) in [6.07, 6.45) is -0.685. The summed E-state index contributed by atoms with van der Waals surface area (Å²) in [6, 6.07) is 13.0. The third kappa shape index (κ3) is 4.87. The molecular formula is C18H20FNO3. The number of methoxy groups -OCH3 is 1. The van der Waals surface area contributed by atoms with Crippen LogP contribution >= 0.6 is 0 Å². The van der Waals surface area contributed by atoms with Crippen molar-refractivity contribution in [2.75, 3.05) is 20.7 Å². The van der Waals surface area contributed by atoms with E-state index in [1.165, 1.54) is 19.2 Å². The first-order chi connectivity index (χ1) is 11.0. The van der Waals surface area contributed by atoms with Crippen LogP contribution in [0.25, 0.3) is 0 Å². The van der Waals surface area contributed by atoms with Crippen molar-refractivity contribution >= 4 is 5.97 Å². The molecule has 2 rings (SSSR count). The largest absolute Gasteiger partial charge is 0.465 e. The zero-order valence-electron chi connectivity index (χ0n) is 13.2. The molecule has 2 aromatic rings. The highest BCUT2D eigenvalue weighted by Crippen LogP contribution is 2.16. The number of esters is 1. The van der Waals surface area contributed by atoms with Gasteiger partial charge in [-0.15, -0.1) is 0 Å². The molecular weight excluding hydrogens is 297 g/mol. The van der Waals surface area contributed by atoms with Crippen molar-refractivity contribution in [3.05, 3.63) is 71.0 Å². The highest BCUT2D eigenvalue weighted by molar-refractivity contribution is 5.89. The number of carbonyl (C=O) groups excluding carboxylic acids is 1. The number of likely N-dealkylation sites (N-methyl/N-ethyl adjacent to an activating group) is 1. The normalized spacial score (nSPS) is 12.2. The molecule has 0 heterocycles. The molecule has 0 aliphatic carbocycles. The quantitative estimate of drug-likeness (QED) is 0.832. The second-order valence-electron chi connectivity index (χ2n) is 5.45. The van der Waals surface area contributed by atoms with Crippen molar-refractivity contribution in [3.63, 3.8) is 0 Å². The van der Waals surface area contributed by atoms with E-state index < -0.39 is 6.10 Å². The maximum atomic E-state index is 12.9. The van der Waals surface area contributed by atoms with E-state index in [9.17, 15) is 14.3 Å². The number of aliphatic hydroxyl groups excluding tert-OH is 1. The fourth-order valence-corrected chi connectivity index (χ4v) is 2.33. The number of halogens is 1. The third-order valence-corrected chi connectivity index (χ3v) is 3.57. The number of ether oxygens (including phenoxy) is 1. The molecule has 2 aromatic carbocycles. The molecule has 0 saturated carbocycles. The number of rotatable bonds is 6. The lowest BCUT2D eigenvalue weighted by Gasteiger charge is -2.21. The molecule has 1 unspecified atom stereocenters. The lowest BCUT2D eigenvalue weighted by molar-refractivity contribution is 0.0600. The van der Waals surface area contributed by atoms with E-state index in [0.717, 1.165) is 5.56 Å². The van der Waals surface area contributed by atoms with E-state index in [4.69, 9.17) is 0 Å². The molecule has 0 spiro atoms. The monoisotopic (exact) mass is 317 g/mol. The van der Waals surface area contributed by atoms with Gasteiger partial charge in [-0.1, -0.05) is 24.3 Å². The van der Waals surface area contributed by atoms with Crippen molar-refractivity contribution in [3.8, 4) is 0 Å². The molecule has 0 aliphatic rings. The zero-order chi connectivity index (χ0) is 16.8. The Balaban J connectivity index is 1.92. The molecule has 0 fully saturated rings. The molecule has 5 heteroatoms. The van der Waals surface area contributed by atoms with E-state index >= 15 is 0 Å². The number of hydrogen-bond acceptors (Lipinski definition) is 4. The predicted molar refractivity (Wildman–Crippen MR) is 85.5 cm³/mol. The van der Waals surface area contributed by atoms with Crippen LogP contribution in [0.15, 0.2) is 48.5 Å². The standard InChI is InChI=1S/C18H20FNO3/c1-20(12-17(21)14-7-9-16(19)10-8-14)11-13-3-5-15(6-4-13)18(22)23-2/h3-10,17,21H,11-12H2,1-2H3. The Morgan fingerprint density at radius 2 is 1.78 bits per heavy atom. The summed E-state index contributed by atoms with van der Waals surface area (Å²) >= 11 is 0. The summed E-state index contributed by atoms with van der Waals surface area (Å²) in [5.41, 5.74) is 2.20. The summed E-state index contributed by atoms with van der Waals surface area (Å²) in [5, 5.41) is 10.2. The first-order valence-electron chi connectivity index (χ1n) is 7.29. The van der Waals surface area contributed by atoms with Gasteiger partial charge >= 0.3 is 5.97 Å². The summed E-state index contributed by atoms with van der Waals surface area (Å²) in [7, 11) is 3.24. The molecule has 0 radical (unpaired) electrons. The number of hydrogen-bond donors (Lipinski definition) is 1. The Kier molecular flexibility index (Phi) is 5.84. The van der Waals surface area contributed by atoms with Crippen LogP contribution in [-0.4, -0.2) is 36.7 Å². The molecule has 0 bridgehead atoms. The van der Waals surface area contributed by atoms with Crippen molar-refractivity contribution < 1.29 is 19.0 Å². The van der Waals surface area contributed by atoms with Crippen LogP contribution in [0.2, 0.25) is 0 Å². The van der Waals surface area contributed by atoms with Gasteiger partial charge in [0, 0.05) is 13.1 Å². The molecule has 1 N–H and O–H groups in total. The number of nitrogens with zero attached hydrogens (tertiary/aromatic N) is 1. The van der Waals surface area contributed by atoms with Crippen molar-refractivity contribution in [2.24, 2.45) is 0 Å². The van der Waals surface area contributed by atoms with Gasteiger partial charge in [0.25, 0.3) is 0 Å². The smallest absolute Gasteiger partial charge is 0.337 e. The molecule has 1 atom stereocenters. The summed E-state index contributed by atoms with van der Waals surface area (Å²) < 4.78 is 17.5. The summed E-state index contributed by atoms with van der Waals surface area (Å²) in [4.78, 5) is 13.3. The Labute approximate surface area is 135 Å². The maximum absolute atomic E-state index is 12.9. The van der Waals surface area contributed by atoms with Gasteiger partial charge in [0.15, 0.2) is 0 Å². The van der Waals surface area contributed by atoms with Crippen LogP contribution in [0, 0.1) is 5.82 Å². The van der Waals surface area contributed by atoms with E-state index in [2.05, 4.69) is 4.74 Å². The van der Waals surface area contributed by atoms with E-state index in [1.807, 2.05) is 24.1 Å². The lowest BCUT2D eigenvalue weighted by Crippen LogP contribution is -2.24. The Bertz CT molecular complexity index is 640. The number of aliphatic hydroxyl groups is 1. The maximum Gasteiger partial charge on any atom is 0.337 e. The van der Waals surface area contributed by atoms with Crippen LogP contribution in [-0.2, 0) is 11.3 Å². The first kappa shape index (κ1) is 17.1. The van der Waals surface area contributed by atoms with E-state index in [0.29, 0.717) is 24.2 Å². The van der Waals surface area contributed by atoms with Gasteiger partial charge in [-0.2, -0.15) is 0 Å². The second-order valence-corrected chi connectivity index (χ2v) is 5.45. The fraction of sp³-hybridized carbons (Fsp3) is 0.278. The molecule has 0 aromatic heterocycles. The Morgan fingerprint density at radius 1 is 1.17 bits per heavy atom. The van der Waals surface area contributed by atoms with Gasteiger partial charge in [0.05, 0.1) is 18.8 Å². The topological polar surface area (TPSA) is 49.8 Å². The Hall–Kier alpha value is -2.24. The van der Waals surface area contributed by atoms with Crippen LogP contribution < -0.4 is 0 Å². The van der Waals surface area contributed by atoms with Gasteiger partial charge in [0.2, 0.25) is 0 Å². The second kappa shape index (κ2) is 7.85. The average molecular weight is 317 g/mol. The predicted octanol–water partition coefficient (Wildman–Crippen LogP) is 2.78. The average Bonchev–Trinajstić information content (AvgIpc) is 2.55. The van der Waals surface area contributed by atoms with Crippen LogP contribution in [0.4, 0.5) is 4.39 Å². The minimum atomic E-state index is -0.685. The minimum Gasteiger partial charge on any atom is -0.465 e. The van der Waals surface area contributed by atoms with Crippen molar-refractivity contribution in [1.29, 1.82) is 0 Å². The van der Waals surface area contributed by atoms with Gasteiger partial charge < -0.3 is 9.84 Å². The third-order valence-electron chi connectivity index (χ3n) is 3.57. The summed E-state index contributed by atoms with van der Waals surface area (Å²) in [5.74, 6) is -0.684. The lowest BCUT2D eigenvalue weighted by atomic mass is 10.1. The SMILES string of the molecule is COC(=O)c1ccc(CN(C)CC(O)c2ccc(F)cc2)cc1. The van der Waals surface area contributed by atoms with Crippen molar-refractivity contribution in [1.82, 2.24) is 4.90 Å². The van der Waals surface area contributed by atoms with Gasteiger partial charge in [0.1, 0.15) is 5.82 Å². The first-order valence-corrected chi connectivity index (χ1v) is 7.29.